The molecule has 0 saturated carbocycles. The van der Waals surface area contributed by atoms with Crippen LogP contribution < -0.4 is 4.90 Å². The summed E-state index contributed by atoms with van der Waals surface area (Å²) in [6.45, 7) is 7.64. The second kappa shape index (κ2) is 7.27. The van der Waals surface area contributed by atoms with Gasteiger partial charge in [0, 0.05) is 36.9 Å². The molecule has 0 bridgehead atoms. The monoisotopic (exact) mass is 342 g/mol. The van der Waals surface area contributed by atoms with Crippen LogP contribution in [0.5, 0.6) is 0 Å². The molecule has 3 nitrogen and oxygen atoms in total. The fourth-order valence-corrected chi connectivity index (χ4v) is 3.50. The SMILES string of the molecule is Cc1cccc(C)c1N1CCN(C(=O)Cc2ccc(Cl)cc2)CC1. The first-order chi connectivity index (χ1) is 11.5. The molecule has 1 saturated heterocycles. The first kappa shape index (κ1) is 16.8. The normalized spacial score (nSPS) is 14.8. The zero-order valence-electron chi connectivity index (χ0n) is 14.3. The molecule has 0 spiro atoms. The van der Waals surface area contributed by atoms with Gasteiger partial charge in [-0.25, -0.2) is 0 Å². The minimum Gasteiger partial charge on any atom is -0.368 e. The maximum atomic E-state index is 12.5. The predicted octanol–water partition coefficient (Wildman–Crippen LogP) is 3.85. The molecule has 1 fully saturated rings. The minimum absolute atomic E-state index is 0.193. The van der Waals surface area contributed by atoms with Gasteiger partial charge in [-0.2, -0.15) is 0 Å². The zero-order valence-corrected chi connectivity index (χ0v) is 15.0. The molecule has 4 heteroatoms. The van der Waals surface area contributed by atoms with Gasteiger partial charge < -0.3 is 9.80 Å². The number of carbonyl (C=O) groups excluding carboxylic acids is 1. The number of hydrogen-bond acceptors (Lipinski definition) is 2. The summed E-state index contributed by atoms with van der Waals surface area (Å²) < 4.78 is 0. The van der Waals surface area contributed by atoms with Crippen molar-refractivity contribution in [3.63, 3.8) is 0 Å². The lowest BCUT2D eigenvalue weighted by atomic mass is 10.1. The molecule has 2 aromatic rings. The molecular formula is C20H23ClN2O. The third-order valence-electron chi connectivity index (χ3n) is 4.66. The summed E-state index contributed by atoms with van der Waals surface area (Å²) >= 11 is 5.90. The molecule has 1 aliphatic heterocycles. The lowest BCUT2D eigenvalue weighted by molar-refractivity contribution is -0.130. The first-order valence-corrected chi connectivity index (χ1v) is 8.76. The van der Waals surface area contributed by atoms with E-state index in [1.807, 2.05) is 29.2 Å². The van der Waals surface area contributed by atoms with Crippen molar-refractivity contribution in [1.29, 1.82) is 0 Å². The van der Waals surface area contributed by atoms with E-state index in [9.17, 15) is 4.79 Å². The molecule has 24 heavy (non-hydrogen) atoms. The Labute approximate surface area is 148 Å². The third kappa shape index (κ3) is 3.73. The number of nitrogens with zero attached hydrogens (tertiary/aromatic N) is 2. The molecule has 3 rings (SSSR count). The van der Waals surface area contributed by atoms with Gasteiger partial charge in [0.1, 0.15) is 0 Å². The minimum atomic E-state index is 0.193. The Kier molecular flexibility index (Phi) is 5.10. The van der Waals surface area contributed by atoms with Crippen LogP contribution in [0.1, 0.15) is 16.7 Å². The van der Waals surface area contributed by atoms with E-state index in [4.69, 9.17) is 11.6 Å². The number of halogens is 1. The number of amides is 1. The van der Waals surface area contributed by atoms with E-state index < -0.39 is 0 Å². The molecule has 1 amide bonds. The van der Waals surface area contributed by atoms with Gasteiger partial charge in [-0.3, -0.25) is 4.79 Å². The molecular weight excluding hydrogens is 320 g/mol. The van der Waals surface area contributed by atoms with Gasteiger partial charge in [0.25, 0.3) is 0 Å². The topological polar surface area (TPSA) is 23.6 Å². The van der Waals surface area contributed by atoms with Crippen molar-refractivity contribution < 1.29 is 4.79 Å². The average molecular weight is 343 g/mol. The van der Waals surface area contributed by atoms with E-state index in [2.05, 4.69) is 36.9 Å². The average Bonchev–Trinajstić information content (AvgIpc) is 2.57. The van der Waals surface area contributed by atoms with E-state index in [0.717, 1.165) is 31.7 Å². The maximum absolute atomic E-state index is 12.5. The van der Waals surface area contributed by atoms with Gasteiger partial charge in [0.15, 0.2) is 0 Å². The highest BCUT2D eigenvalue weighted by molar-refractivity contribution is 6.30. The highest BCUT2D eigenvalue weighted by atomic mass is 35.5. The smallest absolute Gasteiger partial charge is 0.227 e. The number of anilines is 1. The van der Waals surface area contributed by atoms with Crippen molar-refractivity contribution >= 4 is 23.2 Å². The van der Waals surface area contributed by atoms with Gasteiger partial charge in [0.2, 0.25) is 5.91 Å². The molecule has 1 aliphatic rings. The Hall–Kier alpha value is -2.00. The molecule has 0 aromatic heterocycles. The molecule has 0 radical (unpaired) electrons. The van der Waals surface area contributed by atoms with Crippen LogP contribution in [-0.4, -0.2) is 37.0 Å². The zero-order chi connectivity index (χ0) is 17.1. The van der Waals surface area contributed by atoms with Crippen molar-refractivity contribution in [3.8, 4) is 0 Å². The number of para-hydroxylation sites is 1. The molecule has 0 N–H and O–H groups in total. The highest BCUT2D eigenvalue weighted by Gasteiger charge is 2.22. The van der Waals surface area contributed by atoms with Crippen LogP contribution in [0.3, 0.4) is 0 Å². The van der Waals surface area contributed by atoms with E-state index in [1.54, 1.807) is 0 Å². The van der Waals surface area contributed by atoms with Crippen LogP contribution >= 0.6 is 11.6 Å². The number of aryl methyl sites for hydroxylation is 2. The first-order valence-electron chi connectivity index (χ1n) is 8.38. The highest BCUT2D eigenvalue weighted by Crippen LogP contribution is 2.25. The number of benzene rings is 2. The Balaban J connectivity index is 1.60. The number of hydrogen-bond donors (Lipinski definition) is 0. The van der Waals surface area contributed by atoms with Crippen molar-refractivity contribution in [1.82, 2.24) is 4.90 Å². The van der Waals surface area contributed by atoms with Gasteiger partial charge in [-0.15, -0.1) is 0 Å². The van der Waals surface area contributed by atoms with E-state index in [0.29, 0.717) is 11.4 Å². The largest absolute Gasteiger partial charge is 0.368 e. The van der Waals surface area contributed by atoms with Crippen LogP contribution in [0.25, 0.3) is 0 Å². The van der Waals surface area contributed by atoms with Crippen LogP contribution in [0.2, 0.25) is 5.02 Å². The van der Waals surface area contributed by atoms with Gasteiger partial charge >= 0.3 is 0 Å². The Morgan fingerprint density at radius 1 is 0.958 bits per heavy atom. The van der Waals surface area contributed by atoms with Crippen LogP contribution in [0.4, 0.5) is 5.69 Å². The predicted molar refractivity (Wildman–Crippen MR) is 99.9 cm³/mol. The van der Waals surface area contributed by atoms with Gasteiger partial charge in [-0.05, 0) is 42.7 Å². The molecule has 126 valence electrons. The van der Waals surface area contributed by atoms with Crippen molar-refractivity contribution in [3.05, 3.63) is 64.2 Å². The second-order valence-electron chi connectivity index (χ2n) is 6.41. The maximum Gasteiger partial charge on any atom is 0.227 e. The molecule has 0 atom stereocenters. The van der Waals surface area contributed by atoms with Gasteiger partial charge in [0.05, 0.1) is 6.42 Å². The Morgan fingerprint density at radius 2 is 1.54 bits per heavy atom. The van der Waals surface area contributed by atoms with Crippen LogP contribution in [-0.2, 0) is 11.2 Å². The quantitative estimate of drug-likeness (QED) is 0.846. The lowest BCUT2D eigenvalue weighted by Crippen LogP contribution is -2.49. The summed E-state index contributed by atoms with van der Waals surface area (Å²) in [5.74, 6) is 0.193. The van der Waals surface area contributed by atoms with E-state index in [1.165, 1.54) is 16.8 Å². The molecule has 0 aliphatic carbocycles. The standard InChI is InChI=1S/C20H23ClN2O/c1-15-4-3-5-16(2)20(15)23-12-10-22(11-13-23)19(24)14-17-6-8-18(21)9-7-17/h3-9H,10-14H2,1-2H3. The number of carbonyl (C=O) groups is 1. The summed E-state index contributed by atoms with van der Waals surface area (Å²) in [4.78, 5) is 16.9. The van der Waals surface area contributed by atoms with Crippen LogP contribution in [0, 0.1) is 13.8 Å². The molecule has 2 aromatic carbocycles. The number of rotatable bonds is 3. The fourth-order valence-electron chi connectivity index (χ4n) is 3.37. The van der Waals surface area contributed by atoms with E-state index >= 15 is 0 Å². The van der Waals surface area contributed by atoms with Gasteiger partial charge in [-0.1, -0.05) is 41.9 Å². The fraction of sp³-hybridized carbons (Fsp3) is 0.350. The molecule has 1 heterocycles. The summed E-state index contributed by atoms with van der Waals surface area (Å²) in [7, 11) is 0. The van der Waals surface area contributed by atoms with Crippen LogP contribution in [0.15, 0.2) is 42.5 Å². The second-order valence-corrected chi connectivity index (χ2v) is 6.85. The summed E-state index contributed by atoms with van der Waals surface area (Å²) in [6, 6.07) is 13.9. The summed E-state index contributed by atoms with van der Waals surface area (Å²) in [5.41, 5.74) is 4.94. The van der Waals surface area contributed by atoms with E-state index in [-0.39, 0.29) is 5.91 Å². The summed E-state index contributed by atoms with van der Waals surface area (Å²) in [5, 5.41) is 0.702. The van der Waals surface area contributed by atoms with Crippen molar-refractivity contribution in [2.45, 2.75) is 20.3 Å². The molecule has 0 unspecified atom stereocenters. The van der Waals surface area contributed by atoms with Crippen molar-refractivity contribution in [2.24, 2.45) is 0 Å². The third-order valence-corrected chi connectivity index (χ3v) is 4.91. The Bertz CT molecular complexity index is 699. The summed E-state index contributed by atoms with van der Waals surface area (Å²) in [6.07, 6.45) is 0.445. The Morgan fingerprint density at radius 3 is 2.12 bits per heavy atom. The number of piperazine rings is 1. The lowest BCUT2D eigenvalue weighted by Gasteiger charge is -2.37. The van der Waals surface area contributed by atoms with Crippen molar-refractivity contribution in [2.75, 3.05) is 31.1 Å².